The van der Waals surface area contributed by atoms with Crippen LogP contribution in [-0.2, 0) is 10.2 Å². The zero-order valence-corrected chi connectivity index (χ0v) is 11.6. The fourth-order valence-electron chi connectivity index (χ4n) is 2.08. The monoisotopic (exact) mass is 286 g/mol. The number of rotatable bonds is 4. The SMILES string of the molecule is COc1cc(O)cc(NS(=O)(=O)N2CCCCC2)c1. The summed E-state index contributed by atoms with van der Waals surface area (Å²) in [6.45, 7) is 1.07. The Hall–Kier alpha value is -1.47. The number of nitrogens with zero attached hydrogens (tertiary/aromatic N) is 1. The molecule has 19 heavy (non-hydrogen) atoms. The first kappa shape index (κ1) is 14.0. The zero-order valence-electron chi connectivity index (χ0n) is 10.8. The number of methoxy groups -OCH3 is 1. The maximum atomic E-state index is 12.2. The van der Waals surface area contributed by atoms with Gasteiger partial charge in [-0.25, -0.2) is 0 Å². The fraction of sp³-hybridized carbons (Fsp3) is 0.500. The molecule has 6 nitrogen and oxygen atoms in total. The minimum atomic E-state index is -3.56. The Morgan fingerprint density at radius 1 is 1.21 bits per heavy atom. The molecule has 2 rings (SSSR count). The highest BCUT2D eigenvalue weighted by atomic mass is 32.2. The van der Waals surface area contributed by atoms with Crippen molar-refractivity contribution in [3.8, 4) is 11.5 Å². The molecule has 1 heterocycles. The summed E-state index contributed by atoms with van der Waals surface area (Å²) in [5.41, 5.74) is 0.294. The number of hydrogen-bond acceptors (Lipinski definition) is 4. The predicted octanol–water partition coefficient (Wildman–Crippen LogP) is 1.54. The van der Waals surface area contributed by atoms with Crippen molar-refractivity contribution in [2.24, 2.45) is 0 Å². The van der Waals surface area contributed by atoms with E-state index < -0.39 is 10.2 Å². The van der Waals surface area contributed by atoms with E-state index >= 15 is 0 Å². The summed E-state index contributed by atoms with van der Waals surface area (Å²) in [5, 5.41) is 9.50. The van der Waals surface area contributed by atoms with E-state index in [1.165, 1.54) is 29.6 Å². The van der Waals surface area contributed by atoms with Gasteiger partial charge in [0.05, 0.1) is 12.8 Å². The van der Waals surface area contributed by atoms with Gasteiger partial charge in [0, 0.05) is 31.3 Å². The summed E-state index contributed by atoms with van der Waals surface area (Å²) in [5.74, 6) is 0.354. The van der Waals surface area contributed by atoms with Gasteiger partial charge in [-0.2, -0.15) is 12.7 Å². The molecule has 1 aliphatic rings. The number of phenols is 1. The quantitative estimate of drug-likeness (QED) is 0.880. The van der Waals surface area contributed by atoms with Crippen LogP contribution in [0.1, 0.15) is 19.3 Å². The minimum absolute atomic E-state index is 0.0457. The lowest BCUT2D eigenvalue weighted by Gasteiger charge is -2.26. The van der Waals surface area contributed by atoms with Gasteiger partial charge in [-0.3, -0.25) is 4.72 Å². The number of aromatic hydroxyl groups is 1. The van der Waals surface area contributed by atoms with Gasteiger partial charge in [0.1, 0.15) is 11.5 Å². The molecule has 1 aromatic rings. The van der Waals surface area contributed by atoms with Crippen molar-refractivity contribution >= 4 is 15.9 Å². The van der Waals surface area contributed by atoms with Crippen LogP contribution in [0.3, 0.4) is 0 Å². The number of phenolic OH excluding ortho intramolecular Hbond substituents is 1. The van der Waals surface area contributed by atoms with E-state index in [0.717, 1.165) is 19.3 Å². The molecule has 2 N–H and O–H groups in total. The normalized spacial score (nSPS) is 17.1. The van der Waals surface area contributed by atoms with Gasteiger partial charge >= 0.3 is 10.2 Å². The molecule has 1 saturated heterocycles. The Morgan fingerprint density at radius 3 is 2.53 bits per heavy atom. The summed E-state index contributed by atoms with van der Waals surface area (Å²) >= 11 is 0. The number of benzene rings is 1. The van der Waals surface area contributed by atoms with Crippen molar-refractivity contribution in [1.29, 1.82) is 0 Å². The third kappa shape index (κ3) is 3.51. The van der Waals surface area contributed by atoms with E-state index in [-0.39, 0.29) is 5.75 Å². The Kier molecular flexibility index (Phi) is 4.16. The van der Waals surface area contributed by atoms with Crippen LogP contribution < -0.4 is 9.46 Å². The molecule has 0 aromatic heterocycles. The first-order chi connectivity index (χ1) is 9.01. The van der Waals surface area contributed by atoms with Crippen molar-refractivity contribution < 1.29 is 18.3 Å². The molecule has 0 aliphatic carbocycles. The van der Waals surface area contributed by atoms with Gasteiger partial charge in [-0.05, 0) is 12.8 Å². The molecule has 0 spiro atoms. The van der Waals surface area contributed by atoms with Gasteiger partial charge in [-0.15, -0.1) is 0 Å². The van der Waals surface area contributed by atoms with Gasteiger partial charge in [0.2, 0.25) is 0 Å². The molecule has 1 fully saturated rings. The summed E-state index contributed by atoms with van der Waals surface area (Å²) in [6, 6.07) is 4.30. The third-order valence-electron chi connectivity index (χ3n) is 3.03. The molecular weight excluding hydrogens is 268 g/mol. The molecule has 0 saturated carbocycles. The Bertz CT molecular complexity index is 539. The number of ether oxygens (including phenoxy) is 1. The molecule has 106 valence electrons. The molecule has 1 aromatic carbocycles. The standard InChI is InChI=1S/C12H18N2O4S/c1-18-12-8-10(7-11(15)9-12)13-19(16,17)14-5-3-2-4-6-14/h7-9,13,15H,2-6H2,1H3. The average Bonchev–Trinajstić information content (AvgIpc) is 2.38. The number of nitrogens with one attached hydrogen (secondary N) is 1. The second-order valence-corrected chi connectivity index (χ2v) is 6.16. The van der Waals surface area contributed by atoms with Gasteiger partial charge < -0.3 is 9.84 Å². The van der Waals surface area contributed by atoms with Crippen LogP contribution in [-0.4, -0.2) is 38.0 Å². The number of anilines is 1. The summed E-state index contributed by atoms with van der Waals surface area (Å²) < 4.78 is 33.2. The van der Waals surface area contributed by atoms with E-state index in [2.05, 4.69) is 4.72 Å². The van der Waals surface area contributed by atoms with Gasteiger partial charge in [0.15, 0.2) is 0 Å². The number of hydrogen-bond donors (Lipinski definition) is 2. The first-order valence-corrected chi connectivity index (χ1v) is 7.61. The lowest BCUT2D eigenvalue weighted by atomic mass is 10.2. The second kappa shape index (κ2) is 5.66. The predicted molar refractivity (Wildman–Crippen MR) is 72.6 cm³/mol. The minimum Gasteiger partial charge on any atom is -0.508 e. The molecular formula is C12H18N2O4S. The van der Waals surface area contributed by atoms with E-state index in [4.69, 9.17) is 4.74 Å². The largest absolute Gasteiger partial charge is 0.508 e. The molecule has 0 unspecified atom stereocenters. The summed E-state index contributed by atoms with van der Waals surface area (Å²) in [4.78, 5) is 0. The zero-order chi connectivity index (χ0) is 13.9. The lowest BCUT2D eigenvalue weighted by Crippen LogP contribution is -2.39. The molecule has 0 bridgehead atoms. The van der Waals surface area contributed by atoms with E-state index in [1.54, 1.807) is 0 Å². The highest BCUT2D eigenvalue weighted by molar-refractivity contribution is 7.90. The van der Waals surface area contributed by atoms with Crippen LogP contribution >= 0.6 is 0 Å². The van der Waals surface area contributed by atoms with Crippen molar-refractivity contribution in [3.63, 3.8) is 0 Å². The maximum Gasteiger partial charge on any atom is 0.301 e. The first-order valence-electron chi connectivity index (χ1n) is 6.17. The van der Waals surface area contributed by atoms with Gasteiger partial charge in [0.25, 0.3) is 0 Å². The lowest BCUT2D eigenvalue weighted by molar-refractivity contribution is 0.349. The second-order valence-electron chi connectivity index (χ2n) is 4.49. The van der Waals surface area contributed by atoms with Crippen molar-refractivity contribution in [2.75, 3.05) is 24.9 Å². The Morgan fingerprint density at radius 2 is 1.89 bits per heavy atom. The van der Waals surface area contributed by atoms with Crippen molar-refractivity contribution in [1.82, 2.24) is 4.31 Å². The van der Waals surface area contributed by atoms with Crippen molar-refractivity contribution in [3.05, 3.63) is 18.2 Å². The topological polar surface area (TPSA) is 78.9 Å². The third-order valence-corrected chi connectivity index (χ3v) is 4.57. The summed E-state index contributed by atoms with van der Waals surface area (Å²) in [6.07, 6.45) is 2.82. The van der Waals surface area contributed by atoms with E-state index in [1.807, 2.05) is 0 Å². The Labute approximate surface area is 113 Å². The van der Waals surface area contributed by atoms with E-state index in [9.17, 15) is 13.5 Å². The van der Waals surface area contributed by atoms with Crippen LogP contribution in [0.4, 0.5) is 5.69 Å². The number of piperidine rings is 1. The smallest absolute Gasteiger partial charge is 0.301 e. The molecule has 0 amide bonds. The van der Waals surface area contributed by atoms with Crippen LogP contribution in [0.25, 0.3) is 0 Å². The molecule has 0 radical (unpaired) electrons. The Balaban J connectivity index is 2.17. The average molecular weight is 286 g/mol. The summed E-state index contributed by atoms with van der Waals surface area (Å²) in [7, 11) is -2.11. The van der Waals surface area contributed by atoms with E-state index in [0.29, 0.717) is 24.5 Å². The van der Waals surface area contributed by atoms with Crippen LogP contribution in [0, 0.1) is 0 Å². The fourth-order valence-corrected chi connectivity index (χ4v) is 3.36. The maximum absolute atomic E-state index is 12.2. The van der Waals surface area contributed by atoms with Crippen LogP contribution in [0.5, 0.6) is 11.5 Å². The molecule has 0 atom stereocenters. The molecule has 7 heteroatoms. The highest BCUT2D eigenvalue weighted by Crippen LogP contribution is 2.26. The van der Waals surface area contributed by atoms with Crippen LogP contribution in [0.2, 0.25) is 0 Å². The highest BCUT2D eigenvalue weighted by Gasteiger charge is 2.23. The van der Waals surface area contributed by atoms with Gasteiger partial charge in [-0.1, -0.05) is 6.42 Å². The van der Waals surface area contributed by atoms with Crippen molar-refractivity contribution in [2.45, 2.75) is 19.3 Å². The molecule has 1 aliphatic heterocycles. The van der Waals surface area contributed by atoms with Crippen LogP contribution in [0.15, 0.2) is 18.2 Å².